The van der Waals surface area contributed by atoms with Crippen molar-refractivity contribution < 1.29 is 0 Å². The predicted octanol–water partition coefficient (Wildman–Crippen LogP) is 5.78. The van der Waals surface area contributed by atoms with E-state index < -0.39 is 0 Å². The zero-order valence-electron chi connectivity index (χ0n) is 9.81. The molecule has 3 aromatic rings. The summed E-state index contributed by atoms with van der Waals surface area (Å²) in [4.78, 5) is 1.14. The maximum Gasteiger partial charge on any atom is 0.0628 e. The average Bonchev–Trinajstić information content (AvgIpc) is 2.90. The summed E-state index contributed by atoms with van der Waals surface area (Å²) >= 11 is 13.3. The second-order valence-electron chi connectivity index (χ2n) is 4.08. The molecule has 3 rings (SSSR count). The van der Waals surface area contributed by atoms with Crippen molar-refractivity contribution in [2.45, 2.75) is 0 Å². The summed E-state index contributed by atoms with van der Waals surface area (Å²) in [5.41, 5.74) is 3.35. The first-order valence-electron chi connectivity index (χ1n) is 5.70. The number of hydrogen-bond donors (Lipinski definition) is 0. The van der Waals surface area contributed by atoms with Crippen LogP contribution in [0, 0.1) is 0 Å². The molecule has 0 saturated heterocycles. The minimum Gasteiger partial charge on any atom is -0.200 e. The smallest absolute Gasteiger partial charge is 0.0628 e. The second-order valence-corrected chi connectivity index (χ2v) is 5.76. The number of aromatic nitrogens is 1. The molecule has 2 aromatic carbocycles. The summed E-state index contributed by atoms with van der Waals surface area (Å²) in [6, 6.07) is 15.6. The maximum atomic E-state index is 5.92. The minimum absolute atomic E-state index is 0.736. The van der Waals surface area contributed by atoms with Gasteiger partial charge in [0, 0.05) is 21.8 Å². The van der Waals surface area contributed by atoms with Gasteiger partial charge in [0.15, 0.2) is 0 Å². The van der Waals surface area contributed by atoms with Crippen molar-refractivity contribution in [3.8, 4) is 21.6 Å². The average molecular weight is 306 g/mol. The molecule has 1 nitrogen and oxygen atoms in total. The Labute approximate surface area is 125 Å². The molecule has 0 aliphatic rings. The van der Waals surface area contributed by atoms with Crippen LogP contribution in [0.4, 0.5) is 0 Å². The van der Waals surface area contributed by atoms with Gasteiger partial charge < -0.3 is 0 Å². The lowest BCUT2D eigenvalue weighted by Crippen LogP contribution is -1.79. The quantitative estimate of drug-likeness (QED) is 0.584. The summed E-state index contributed by atoms with van der Waals surface area (Å²) < 4.78 is 4.30. The van der Waals surface area contributed by atoms with E-state index in [2.05, 4.69) is 4.37 Å². The highest BCUT2D eigenvalue weighted by Gasteiger charge is 2.10. The van der Waals surface area contributed by atoms with Crippen molar-refractivity contribution in [3.05, 3.63) is 64.8 Å². The van der Waals surface area contributed by atoms with E-state index in [0.717, 1.165) is 31.6 Å². The molecule has 0 saturated carbocycles. The molecule has 19 heavy (non-hydrogen) atoms. The molecule has 94 valence electrons. The molecule has 4 heteroatoms. The van der Waals surface area contributed by atoms with Crippen molar-refractivity contribution in [1.82, 2.24) is 4.37 Å². The van der Waals surface area contributed by atoms with Crippen LogP contribution in [0.1, 0.15) is 0 Å². The van der Waals surface area contributed by atoms with Crippen LogP contribution in [0.3, 0.4) is 0 Å². The van der Waals surface area contributed by atoms with E-state index in [9.17, 15) is 0 Å². The SMILES string of the molecule is Clc1ccc(-c2cnsc2-c2ccc(Cl)cc2)cc1. The lowest BCUT2D eigenvalue weighted by atomic mass is 10.0. The van der Waals surface area contributed by atoms with Crippen LogP contribution >= 0.6 is 34.7 Å². The molecule has 0 amide bonds. The van der Waals surface area contributed by atoms with Crippen LogP contribution < -0.4 is 0 Å². The van der Waals surface area contributed by atoms with E-state index in [4.69, 9.17) is 23.2 Å². The van der Waals surface area contributed by atoms with E-state index in [1.165, 1.54) is 11.5 Å². The Hall–Kier alpha value is -1.35. The second kappa shape index (κ2) is 5.33. The molecule has 0 bridgehead atoms. The first-order valence-corrected chi connectivity index (χ1v) is 7.23. The van der Waals surface area contributed by atoms with E-state index in [0.29, 0.717) is 0 Å². The highest BCUT2D eigenvalue weighted by molar-refractivity contribution is 7.10. The molecular weight excluding hydrogens is 297 g/mol. The first-order chi connectivity index (χ1) is 9.24. The van der Waals surface area contributed by atoms with Gasteiger partial charge in [-0.05, 0) is 46.9 Å². The fourth-order valence-electron chi connectivity index (χ4n) is 1.88. The zero-order valence-corrected chi connectivity index (χ0v) is 12.1. The summed E-state index contributed by atoms with van der Waals surface area (Å²) in [6.07, 6.45) is 1.89. The molecule has 0 N–H and O–H groups in total. The molecule has 0 radical (unpaired) electrons. The summed E-state index contributed by atoms with van der Waals surface area (Å²) in [5, 5.41) is 1.47. The van der Waals surface area contributed by atoms with Crippen molar-refractivity contribution in [1.29, 1.82) is 0 Å². The third-order valence-corrected chi connectivity index (χ3v) is 4.19. The highest BCUT2D eigenvalue weighted by atomic mass is 35.5. The molecule has 0 aliphatic heterocycles. The minimum atomic E-state index is 0.736. The predicted molar refractivity (Wildman–Crippen MR) is 83.0 cm³/mol. The van der Waals surface area contributed by atoms with Crippen molar-refractivity contribution in [3.63, 3.8) is 0 Å². The molecule has 0 aliphatic carbocycles. The Bertz CT molecular complexity index is 627. The van der Waals surface area contributed by atoms with Crippen molar-refractivity contribution >= 4 is 34.7 Å². The molecule has 0 spiro atoms. The van der Waals surface area contributed by atoms with E-state index in [1.807, 2.05) is 54.7 Å². The third-order valence-electron chi connectivity index (χ3n) is 2.83. The van der Waals surface area contributed by atoms with Gasteiger partial charge in [-0.2, -0.15) is 4.37 Å². The topological polar surface area (TPSA) is 12.9 Å². The van der Waals surface area contributed by atoms with Gasteiger partial charge in [-0.1, -0.05) is 47.5 Å². The van der Waals surface area contributed by atoms with Gasteiger partial charge in [0.05, 0.1) is 4.88 Å². The van der Waals surface area contributed by atoms with Gasteiger partial charge >= 0.3 is 0 Å². The van der Waals surface area contributed by atoms with Crippen LogP contribution in [-0.4, -0.2) is 4.37 Å². The molecule has 1 heterocycles. The van der Waals surface area contributed by atoms with Gasteiger partial charge in [0.25, 0.3) is 0 Å². The lowest BCUT2D eigenvalue weighted by Gasteiger charge is -2.03. The fourth-order valence-corrected chi connectivity index (χ4v) is 2.91. The van der Waals surface area contributed by atoms with Crippen molar-refractivity contribution in [2.75, 3.05) is 0 Å². The number of hydrogen-bond acceptors (Lipinski definition) is 2. The standard InChI is InChI=1S/C15H9Cl2NS/c16-12-5-1-10(2-6-12)14-9-18-19-15(14)11-3-7-13(17)8-4-11/h1-9H. The highest BCUT2D eigenvalue weighted by Crippen LogP contribution is 2.35. The Morgan fingerprint density at radius 3 is 1.84 bits per heavy atom. The van der Waals surface area contributed by atoms with Crippen LogP contribution in [0.25, 0.3) is 21.6 Å². The van der Waals surface area contributed by atoms with E-state index in [1.54, 1.807) is 0 Å². The fraction of sp³-hybridized carbons (Fsp3) is 0. The Balaban J connectivity index is 2.07. The van der Waals surface area contributed by atoms with Crippen LogP contribution in [0.5, 0.6) is 0 Å². The monoisotopic (exact) mass is 305 g/mol. The largest absolute Gasteiger partial charge is 0.200 e. The summed E-state index contributed by atoms with van der Waals surface area (Å²) in [6.45, 7) is 0. The van der Waals surface area contributed by atoms with Crippen LogP contribution in [-0.2, 0) is 0 Å². The normalized spacial score (nSPS) is 10.6. The Kier molecular flexibility index (Phi) is 3.56. The van der Waals surface area contributed by atoms with E-state index >= 15 is 0 Å². The summed E-state index contributed by atoms with van der Waals surface area (Å²) in [5.74, 6) is 0. The van der Waals surface area contributed by atoms with Gasteiger partial charge in [-0.15, -0.1) is 0 Å². The van der Waals surface area contributed by atoms with Crippen LogP contribution in [0.15, 0.2) is 54.7 Å². The van der Waals surface area contributed by atoms with Gasteiger partial charge in [0.1, 0.15) is 0 Å². The number of nitrogens with zero attached hydrogens (tertiary/aromatic N) is 1. The molecule has 0 fully saturated rings. The molecular formula is C15H9Cl2NS. The van der Waals surface area contributed by atoms with E-state index in [-0.39, 0.29) is 0 Å². The van der Waals surface area contributed by atoms with Crippen LogP contribution in [0.2, 0.25) is 10.0 Å². The molecule has 1 aromatic heterocycles. The maximum absolute atomic E-state index is 5.92. The molecule has 0 unspecified atom stereocenters. The zero-order chi connectivity index (χ0) is 13.2. The Morgan fingerprint density at radius 2 is 1.26 bits per heavy atom. The lowest BCUT2D eigenvalue weighted by molar-refractivity contribution is 1.56. The van der Waals surface area contributed by atoms with Gasteiger partial charge in [-0.3, -0.25) is 0 Å². The molecule has 0 atom stereocenters. The number of rotatable bonds is 2. The number of halogens is 2. The number of benzene rings is 2. The summed E-state index contributed by atoms with van der Waals surface area (Å²) in [7, 11) is 0. The Morgan fingerprint density at radius 1 is 0.737 bits per heavy atom. The first kappa shape index (κ1) is 12.7. The third kappa shape index (κ3) is 2.66. The van der Waals surface area contributed by atoms with Gasteiger partial charge in [0.2, 0.25) is 0 Å². The van der Waals surface area contributed by atoms with Crippen molar-refractivity contribution in [2.24, 2.45) is 0 Å². The van der Waals surface area contributed by atoms with Gasteiger partial charge in [-0.25, -0.2) is 0 Å².